The van der Waals surface area contributed by atoms with Crippen LogP contribution in [0.4, 0.5) is 4.39 Å². The molecule has 86 valence electrons. The maximum absolute atomic E-state index is 13.3. The minimum absolute atomic E-state index is 0.0181. The molecule has 0 spiro atoms. The van der Waals surface area contributed by atoms with Crippen molar-refractivity contribution in [3.05, 3.63) is 59.4 Å². The van der Waals surface area contributed by atoms with Gasteiger partial charge in [-0.1, -0.05) is 18.2 Å². The predicted octanol–water partition coefficient (Wildman–Crippen LogP) is 2.35. The number of aryl methyl sites for hydroxylation is 1. The van der Waals surface area contributed by atoms with Crippen LogP contribution in [-0.2, 0) is 6.42 Å². The van der Waals surface area contributed by atoms with Crippen LogP contribution in [0.2, 0.25) is 0 Å². The molecule has 0 aliphatic rings. The van der Waals surface area contributed by atoms with Gasteiger partial charge in [0, 0.05) is 18.8 Å². The van der Waals surface area contributed by atoms with Gasteiger partial charge in [-0.05, 0) is 24.1 Å². The highest BCUT2D eigenvalue weighted by atomic mass is 19.1. The van der Waals surface area contributed by atoms with Crippen LogP contribution in [0, 0.1) is 12.7 Å². The van der Waals surface area contributed by atoms with Crippen LogP contribution in [0.3, 0.4) is 0 Å². The molecular formula is C13H11FN2O. The van der Waals surface area contributed by atoms with E-state index in [2.05, 4.69) is 9.97 Å². The number of hydrogen-bond donors (Lipinski definition) is 0. The van der Waals surface area contributed by atoms with E-state index in [0.717, 1.165) is 5.56 Å². The molecule has 1 aromatic heterocycles. The number of halogens is 1. The standard InChI is InChI=1S/C13H11FN2O/c1-9-7-15-13(16-8-9)12(17)6-10-4-2-3-5-11(10)14/h2-5,7-8H,6H2,1H3. The maximum atomic E-state index is 13.3. The van der Waals surface area contributed by atoms with Crippen LogP contribution in [0.5, 0.6) is 0 Å². The average molecular weight is 230 g/mol. The van der Waals surface area contributed by atoms with Gasteiger partial charge in [-0.15, -0.1) is 0 Å². The zero-order valence-electron chi connectivity index (χ0n) is 9.35. The molecule has 0 fully saturated rings. The third kappa shape index (κ3) is 2.72. The molecule has 0 saturated heterocycles. The first kappa shape index (κ1) is 11.4. The Hall–Kier alpha value is -2.10. The first-order valence-electron chi connectivity index (χ1n) is 5.22. The van der Waals surface area contributed by atoms with E-state index in [9.17, 15) is 9.18 Å². The third-order valence-corrected chi connectivity index (χ3v) is 2.34. The Morgan fingerprint density at radius 1 is 1.24 bits per heavy atom. The quantitative estimate of drug-likeness (QED) is 0.760. The summed E-state index contributed by atoms with van der Waals surface area (Å²) in [6.45, 7) is 1.84. The highest BCUT2D eigenvalue weighted by Gasteiger charge is 2.12. The van der Waals surface area contributed by atoms with Gasteiger partial charge in [-0.3, -0.25) is 4.79 Å². The third-order valence-electron chi connectivity index (χ3n) is 2.34. The van der Waals surface area contributed by atoms with Crippen molar-refractivity contribution in [1.82, 2.24) is 9.97 Å². The molecule has 0 bridgehead atoms. The fourth-order valence-corrected chi connectivity index (χ4v) is 1.43. The minimum Gasteiger partial charge on any atom is -0.290 e. The van der Waals surface area contributed by atoms with Crippen molar-refractivity contribution in [2.24, 2.45) is 0 Å². The lowest BCUT2D eigenvalue weighted by molar-refractivity contribution is 0.0982. The summed E-state index contributed by atoms with van der Waals surface area (Å²) in [5, 5.41) is 0. The van der Waals surface area contributed by atoms with Crippen LogP contribution in [0.25, 0.3) is 0 Å². The number of carbonyl (C=O) groups is 1. The SMILES string of the molecule is Cc1cnc(C(=O)Cc2ccccc2F)nc1. The van der Waals surface area contributed by atoms with E-state index in [4.69, 9.17) is 0 Å². The number of carbonyl (C=O) groups excluding carboxylic acids is 1. The van der Waals surface area contributed by atoms with Gasteiger partial charge < -0.3 is 0 Å². The molecule has 2 rings (SSSR count). The summed E-state index contributed by atoms with van der Waals surface area (Å²) >= 11 is 0. The molecule has 3 nitrogen and oxygen atoms in total. The van der Waals surface area contributed by atoms with Gasteiger partial charge in [0.1, 0.15) is 5.82 Å². The molecule has 0 unspecified atom stereocenters. The molecule has 4 heteroatoms. The van der Waals surface area contributed by atoms with Crippen molar-refractivity contribution in [1.29, 1.82) is 0 Å². The van der Waals surface area contributed by atoms with E-state index in [1.54, 1.807) is 30.6 Å². The average Bonchev–Trinajstić information content (AvgIpc) is 2.33. The first-order valence-corrected chi connectivity index (χ1v) is 5.22. The largest absolute Gasteiger partial charge is 0.290 e. The predicted molar refractivity (Wildman–Crippen MR) is 61.2 cm³/mol. The number of benzene rings is 1. The highest BCUT2D eigenvalue weighted by molar-refractivity contribution is 5.94. The summed E-state index contributed by atoms with van der Waals surface area (Å²) in [6, 6.07) is 6.20. The van der Waals surface area contributed by atoms with Crippen molar-refractivity contribution in [2.75, 3.05) is 0 Å². The zero-order chi connectivity index (χ0) is 12.3. The second-order valence-corrected chi connectivity index (χ2v) is 3.78. The van der Waals surface area contributed by atoms with E-state index in [1.165, 1.54) is 6.07 Å². The van der Waals surface area contributed by atoms with Crippen molar-refractivity contribution in [3.63, 3.8) is 0 Å². The number of ketones is 1. The van der Waals surface area contributed by atoms with Crippen molar-refractivity contribution in [3.8, 4) is 0 Å². The summed E-state index contributed by atoms with van der Waals surface area (Å²) in [5.41, 5.74) is 1.24. The van der Waals surface area contributed by atoms with E-state index in [-0.39, 0.29) is 23.8 Å². The molecule has 1 aromatic carbocycles. The maximum Gasteiger partial charge on any atom is 0.204 e. The molecule has 0 aliphatic carbocycles. The number of aromatic nitrogens is 2. The Morgan fingerprint density at radius 2 is 1.88 bits per heavy atom. The lowest BCUT2D eigenvalue weighted by Crippen LogP contribution is -2.09. The monoisotopic (exact) mass is 230 g/mol. The van der Waals surface area contributed by atoms with Crippen LogP contribution < -0.4 is 0 Å². The molecule has 2 aromatic rings. The number of rotatable bonds is 3. The Morgan fingerprint density at radius 3 is 2.53 bits per heavy atom. The van der Waals surface area contributed by atoms with Crippen LogP contribution in [0.15, 0.2) is 36.7 Å². The van der Waals surface area contributed by atoms with Gasteiger partial charge in [0.2, 0.25) is 5.78 Å². The summed E-state index contributed by atoms with van der Waals surface area (Å²) in [7, 11) is 0. The molecule has 17 heavy (non-hydrogen) atoms. The number of nitrogens with zero attached hydrogens (tertiary/aromatic N) is 2. The number of Topliss-reactive ketones (excluding diaryl/α,β-unsaturated/α-hetero) is 1. The van der Waals surface area contributed by atoms with Gasteiger partial charge in [0.05, 0.1) is 0 Å². The van der Waals surface area contributed by atoms with Crippen molar-refractivity contribution >= 4 is 5.78 Å². The Labute approximate surface area is 98.3 Å². The second kappa shape index (κ2) is 4.82. The summed E-state index contributed by atoms with van der Waals surface area (Å²) in [6.07, 6.45) is 3.12. The number of hydrogen-bond acceptors (Lipinski definition) is 3. The fourth-order valence-electron chi connectivity index (χ4n) is 1.43. The normalized spacial score (nSPS) is 10.2. The Bertz CT molecular complexity index is 537. The van der Waals surface area contributed by atoms with Crippen LogP contribution >= 0.6 is 0 Å². The van der Waals surface area contributed by atoms with E-state index >= 15 is 0 Å². The smallest absolute Gasteiger partial charge is 0.204 e. The van der Waals surface area contributed by atoms with Gasteiger partial charge in [0.25, 0.3) is 0 Å². The summed E-state index contributed by atoms with van der Waals surface area (Å²) in [5.74, 6) is -0.540. The first-order chi connectivity index (χ1) is 8.16. The van der Waals surface area contributed by atoms with Gasteiger partial charge in [-0.2, -0.15) is 0 Å². The van der Waals surface area contributed by atoms with Gasteiger partial charge >= 0.3 is 0 Å². The van der Waals surface area contributed by atoms with Crippen LogP contribution in [0.1, 0.15) is 21.7 Å². The Kier molecular flexibility index (Phi) is 3.23. The van der Waals surface area contributed by atoms with E-state index in [0.29, 0.717) is 5.56 Å². The molecule has 0 atom stereocenters. The van der Waals surface area contributed by atoms with Gasteiger partial charge in [0.15, 0.2) is 5.82 Å². The highest BCUT2D eigenvalue weighted by Crippen LogP contribution is 2.09. The van der Waals surface area contributed by atoms with Crippen molar-refractivity contribution < 1.29 is 9.18 Å². The minimum atomic E-state index is -0.382. The molecule has 0 amide bonds. The van der Waals surface area contributed by atoms with Gasteiger partial charge in [-0.25, -0.2) is 14.4 Å². The fraction of sp³-hybridized carbons (Fsp3) is 0.154. The lowest BCUT2D eigenvalue weighted by atomic mass is 10.1. The van der Waals surface area contributed by atoms with E-state index in [1.807, 2.05) is 6.92 Å². The molecule has 0 N–H and O–H groups in total. The molecule has 0 saturated carbocycles. The molecular weight excluding hydrogens is 219 g/mol. The van der Waals surface area contributed by atoms with Crippen molar-refractivity contribution in [2.45, 2.75) is 13.3 Å². The molecule has 1 heterocycles. The Balaban J connectivity index is 2.17. The molecule has 0 aliphatic heterocycles. The zero-order valence-corrected chi connectivity index (χ0v) is 9.35. The lowest BCUT2D eigenvalue weighted by Gasteiger charge is -2.01. The topological polar surface area (TPSA) is 42.9 Å². The summed E-state index contributed by atoms with van der Waals surface area (Å²) in [4.78, 5) is 19.6. The molecule has 0 radical (unpaired) electrons. The van der Waals surface area contributed by atoms with E-state index < -0.39 is 0 Å². The summed E-state index contributed by atoms with van der Waals surface area (Å²) < 4.78 is 13.3. The van der Waals surface area contributed by atoms with Crippen LogP contribution in [-0.4, -0.2) is 15.8 Å². The second-order valence-electron chi connectivity index (χ2n) is 3.78.